The molecule has 1 N–H and O–H groups in total. The molecule has 0 aromatic carbocycles. The minimum Gasteiger partial charge on any atom is -0.372 e. The van der Waals surface area contributed by atoms with Gasteiger partial charge in [-0.05, 0) is 38.7 Å². The fourth-order valence-corrected chi connectivity index (χ4v) is 2.50. The Hall–Kier alpha value is -1.36. The maximum absolute atomic E-state index is 12.1. The van der Waals surface area contributed by atoms with Gasteiger partial charge in [0.25, 0.3) is 0 Å². The van der Waals surface area contributed by atoms with Gasteiger partial charge in [0.2, 0.25) is 5.91 Å². The van der Waals surface area contributed by atoms with Gasteiger partial charge < -0.3 is 9.64 Å². The molecule has 2 rings (SSSR count). The van der Waals surface area contributed by atoms with Gasteiger partial charge in [0.15, 0.2) is 0 Å². The van der Waals surface area contributed by atoms with Crippen molar-refractivity contribution in [2.75, 3.05) is 19.8 Å². The van der Waals surface area contributed by atoms with Crippen LogP contribution < -0.4 is 0 Å². The third-order valence-electron chi connectivity index (χ3n) is 3.45. The topological polar surface area (TPSA) is 58.2 Å². The lowest BCUT2D eigenvalue weighted by Gasteiger charge is -2.35. The van der Waals surface area contributed by atoms with Crippen LogP contribution in [-0.2, 0) is 9.53 Å². The smallest absolute Gasteiger partial charge is 0.249 e. The molecule has 5 heteroatoms. The number of hydrogen-bond acceptors (Lipinski definition) is 3. The number of amides is 1. The number of piperidine rings is 1. The number of likely N-dealkylation sites (tertiary alicyclic amines) is 1. The van der Waals surface area contributed by atoms with Crippen LogP contribution in [0.4, 0.5) is 0 Å². The molecule has 1 aromatic rings. The predicted molar refractivity (Wildman–Crippen MR) is 68.1 cm³/mol. The van der Waals surface area contributed by atoms with Crippen molar-refractivity contribution in [3.63, 3.8) is 0 Å². The van der Waals surface area contributed by atoms with E-state index in [9.17, 15) is 4.79 Å². The minimum atomic E-state index is 0.0792. The maximum Gasteiger partial charge on any atom is 0.249 e. The van der Waals surface area contributed by atoms with Gasteiger partial charge in [-0.2, -0.15) is 5.10 Å². The van der Waals surface area contributed by atoms with Crippen molar-refractivity contribution in [1.82, 2.24) is 15.1 Å². The number of carbonyl (C=O) groups excluding carboxylic acids is 1. The number of aromatic nitrogens is 2. The van der Waals surface area contributed by atoms with E-state index in [1.807, 2.05) is 24.9 Å². The molecule has 1 unspecified atom stereocenters. The zero-order valence-corrected chi connectivity index (χ0v) is 11.1. The van der Waals surface area contributed by atoms with Gasteiger partial charge in [-0.1, -0.05) is 0 Å². The van der Waals surface area contributed by atoms with E-state index in [0.717, 1.165) is 37.1 Å². The fraction of sp³-hybridized carbons (Fsp3) is 0.692. The second-order valence-electron chi connectivity index (χ2n) is 4.70. The lowest BCUT2D eigenvalue weighted by Crippen LogP contribution is -2.40. The summed E-state index contributed by atoms with van der Waals surface area (Å²) in [6.07, 6.45) is 5.04. The van der Waals surface area contributed by atoms with Crippen molar-refractivity contribution in [2.24, 2.45) is 0 Å². The summed E-state index contributed by atoms with van der Waals surface area (Å²) in [5, 5.41) is 7.09. The van der Waals surface area contributed by atoms with E-state index in [1.54, 1.807) is 0 Å². The first kappa shape index (κ1) is 13.1. The molecule has 100 valence electrons. The maximum atomic E-state index is 12.1. The molecular weight excluding hydrogens is 230 g/mol. The summed E-state index contributed by atoms with van der Waals surface area (Å²) in [6, 6.07) is 0.134. The SMILES string of the molecule is CCOCC(=O)N1CCCCC1c1[nH]ncc1C. The third-order valence-corrected chi connectivity index (χ3v) is 3.45. The Kier molecular flexibility index (Phi) is 4.36. The van der Waals surface area contributed by atoms with Crippen LogP contribution in [0.1, 0.15) is 43.5 Å². The Morgan fingerprint density at radius 3 is 3.11 bits per heavy atom. The molecular formula is C13H21N3O2. The van der Waals surface area contributed by atoms with Crippen molar-refractivity contribution >= 4 is 5.91 Å². The molecule has 0 saturated carbocycles. The van der Waals surface area contributed by atoms with Gasteiger partial charge in [0, 0.05) is 13.2 Å². The minimum absolute atomic E-state index is 0.0792. The van der Waals surface area contributed by atoms with Gasteiger partial charge in [0.05, 0.1) is 17.9 Å². The molecule has 1 atom stereocenters. The number of aryl methyl sites for hydroxylation is 1. The molecule has 1 fully saturated rings. The fourth-order valence-electron chi connectivity index (χ4n) is 2.50. The summed E-state index contributed by atoms with van der Waals surface area (Å²) in [5.41, 5.74) is 2.19. The summed E-state index contributed by atoms with van der Waals surface area (Å²) in [7, 11) is 0. The quantitative estimate of drug-likeness (QED) is 0.887. The van der Waals surface area contributed by atoms with E-state index < -0.39 is 0 Å². The summed E-state index contributed by atoms with van der Waals surface area (Å²) >= 11 is 0. The van der Waals surface area contributed by atoms with Gasteiger partial charge in [-0.3, -0.25) is 9.89 Å². The second kappa shape index (κ2) is 6.00. The van der Waals surface area contributed by atoms with Crippen LogP contribution in [0.2, 0.25) is 0 Å². The highest BCUT2D eigenvalue weighted by molar-refractivity contribution is 5.78. The standard InChI is InChI=1S/C13H21N3O2/c1-3-18-9-12(17)16-7-5-4-6-11(16)13-10(2)8-14-15-13/h8,11H,3-7,9H2,1-2H3,(H,14,15). The molecule has 2 heterocycles. The number of ether oxygens (including phenoxy) is 1. The summed E-state index contributed by atoms with van der Waals surface area (Å²) in [6.45, 7) is 5.50. The van der Waals surface area contributed by atoms with Gasteiger partial charge in [-0.15, -0.1) is 0 Å². The van der Waals surface area contributed by atoms with Crippen LogP contribution in [0.15, 0.2) is 6.20 Å². The zero-order valence-electron chi connectivity index (χ0n) is 11.1. The van der Waals surface area contributed by atoms with Crippen LogP contribution in [0.3, 0.4) is 0 Å². The molecule has 1 aromatic heterocycles. The number of nitrogens with one attached hydrogen (secondary N) is 1. The van der Waals surface area contributed by atoms with Crippen molar-refractivity contribution in [1.29, 1.82) is 0 Å². The van der Waals surface area contributed by atoms with E-state index in [0.29, 0.717) is 6.61 Å². The number of hydrogen-bond donors (Lipinski definition) is 1. The van der Waals surface area contributed by atoms with Crippen LogP contribution in [0.5, 0.6) is 0 Å². The van der Waals surface area contributed by atoms with Crippen LogP contribution in [-0.4, -0.2) is 40.8 Å². The number of aromatic amines is 1. The van der Waals surface area contributed by atoms with E-state index in [-0.39, 0.29) is 18.6 Å². The predicted octanol–water partition coefficient (Wildman–Crippen LogP) is 1.81. The molecule has 1 amide bonds. The van der Waals surface area contributed by atoms with Crippen molar-refractivity contribution < 1.29 is 9.53 Å². The van der Waals surface area contributed by atoms with Crippen molar-refractivity contribution in [3.8, 4) is 0 Å². The van der Waals surface area contributed by atoms with Crippen LogP contribution in [0, 0.1) is 6.92 Å². The number of H-pyrrole nitrogens is 1. The normalized spacial score (nSPS) is 20.1. The Morgan fingerprint density at radius 1 is 1.61 bits per heavy atom. The van der Waals surface area contributed by atoms with E-state index in [2.05, 4.69) is 10.2 Å². The molecule has 1 aliphatic heterocycles. The summed E-state index contributed by atoms with van der Waals surface area (Å²) < 4.78 is 5.23. The number of rotatable bonds is 4. The lowest BCUT2D eigenvalue weighted by molar-refractivity contribution is -0.140. The molecule has 0 aliphatic carbocycles. The highest BCUT2D eigenvalue weighted by atomic mass is 16.5. The second-order valence-corrected chi connectivity index (χ2v) is 4.70. The third kappa shape index (κ3) is 2.72. The summed E-state index contributed by atoms with van der Waals surface area (Å²) in [5.74, 6) is 0.0792. The van der Waals surface area contributed by atoms with Crippen molar-refractivity contribution in [2.45, 2.75) is 39.2 Å². The first-order valence-electron chi connectivity index (χ1n) is 6.61. The zero-order chi connectivity index (χ0) is 13.0. The first-order valence-corrected chi connectivity index (χ1v) is 6.61. The van der Waals surface area contributed by atoms with Crippen LogP contribution >= 0.6 is 0 Å². The Balaban J connectivity index is 2.11. The molecule has 1 aliphatic rings. The largest absolute Gasteiger partial charge is 0.372 e. The van der Waals surface area contributed by atoms with Crippen molar-refractivity contribution in [3.05, 3.63) is 17.5 Å². The highest BCUT2D eigenvalue weighted by Crippen LogP contribution is 2.31. The average Bonchev–Trinajstić information content (AvgIpc) is 2.82. The Morgan fingerprint density at radius 2 is 2.44 bits per heavy atom. The number of nitrogens with zero attached hydrogens (tertiary/aromatic N) is 2. The van der Waals surface area contributed by atoms with Gasteiger partial charge in [0.1, 0.15) is 6.61 Å². The van der Waals surface area contributed by atoms with Gasteiger partial charge >= 0.3 is 0 Å². The first-order chi connectivity index (χ1) is 8.74. The lowest BCUT2D eigenvalue weighted by atomic mass is 9.97. The Labute approximate surface area is 108 Å². The van der Waals surface area contributed by atoms with E-state index in [1.165, 1.54) is 0 Å². The van der Waals surface area contributed by atoms with Gasteiger partial charge in [-0.25, -0.2) is 0 Å². The molecule has 1 saturated heterocycles. The monoisotopic (exact) mass is 251 g/mol. The summed E-state index contributed by atoms with van der Waals surface area (Å²) in [4.78, 5) is 14.1. The molecule has 0 spiro atoms. The molecule has 0 bridgehead atoms. The molecule has 0 radical (unpaired) electrons. The molecule has 18 heavy (non-hydrogen) atoms. The average molecular weight is 251 g/mol. The molecule has 5 nitrogen and oxygen atoms in total. The Bertz CT molecular complexity index is 403. The van der Waals surface area contributed by atoms with E-state index >= 15 is 0 Å². The van der Waals surface area contributed by atoms with Crippen LogP contribution in [0.25, 0.3) is 0 Å². The van der Waals surface area contributed by atoms with E-state index in [4.69, 9.17) is 4.74 Å². The number of carbonyl (C=O) groups is 1. The highest BCUT2D eigenvalue weighted by Gasteiger charge is 2.29.